The summed E-state index contributed by atoms with van der Waals surface area (Å²) in [6, 6.07) is 0. The summed E-state index contributed by atoms with van der Waals surface area (Å²) in [6.45, 7) is 2.01. The molecule has 0 bridgehead atoms. The van der Waals surface area contributed by atoms with Gasteiger partial charge in [0.05, 0.1) is 0 Å². The molecule has 3 heteroatoms. The number of fused-ring (bicyclic) bond motifs is 1. The zero-order chi connectivity index (χ0) is 12.2. The van der Waals surface area contributed by atoms with Gasteiger partial charge in [-0.25, -0.2) is 9.97 Å². The molecule has 1 aromatic heterocycles. The maximum Gasteiger partial charge on any atom is 0.131 e. The number of nitrogens with zero attached hydrogens (tertiary/aromatic N) is 2. The molecule has 1 aromatic rings. The summed E-state index contributed by atoms with van der Waals surface area (Å²) >= 11 is 0. The van der Waals surface area contributed by atoms with Crippen LogP contribution in [0, 0.1) is 0 Å². The van der Waals surface area contributed by atoms with Crippen LogP contribution in [-0.2, 0) is 13.0 Å². The molecule has 1 saturated carbocycles. The lowest BCUT2D eigenvalue weighted by atomic mass is 9.90. The van der Waals surface area contributed by atoms with Crippen molar-refractivity contribution in [3.8, 4) is 0 Å². The minimum Gasteiger partial charge on any atom is -0.312 e. The lowest BCUT2D eigenvalue weighted by molar-refractivity contribution is 0.440. The highest BCUT2D eigenvalue weighted by molar-refractivity contribution is 5.21. The Morgan fingerprint density at radius 2 is 1.83 bits per heavy atom. The van der Waals surface area contributed by atoms with Crippen LogP contribution in [0.1, 0.15) is 67.9 Å². The molecule has 0 radical (unpaired) electrons. The van der Waals surface area contributed by atoms with Crippen LogP contribution < -0.4 is 5.32 Å². The van der Waals surface area contributed by atoms with Crippen molar-refractivity contribution in [2.75, 3.05) is 6.54 Å². The lowest BCUT2D eigenvalue weighted by Crippen LogP contribution is -2.25. The predicted octanol–water partition coefficient (Wildman–Crippen LogP) is 2.95. The standard InChI is InChI=1S/C15H23N3/c1-2-4-6-12(7-5-3-1)15-17-11-13-10-16-9-8-14(13)18-15/h11-12,16H,1-10H2. The molecule has 0 unspecified atom stereocenters. The molecule has 3 rings (SSSR count). The Bertz CT molecular complexity index is 395. The van der Waals surface area contributed by atoms with E-state index < -0.39 is 0 Å². The van der Waals surface area contributed by atoms with Gasteiger partial charge in [0, 0.05) is 42.9 Å². The second-order valence-electron chi connectivity index (χ2n) is 5.67. The fourth-order valence-electron chi connectivity index (χ4n) is 3.16. The van der Waals surface area contributed by atoms with Gasteiger partial charge in [0.1, 0.15) is 5.82 Å². The Labute approximate surface area is 109 Å². The minimum atomic E-state index is 0.616. The van der Waals surface area contributed by atoms with Crippen LogP contribution in [0.25, 0.3) is 0 Å². The van der Waals surface area contributed by atoms with Gasteiger partial charge in [0.25, 0.3) is 0 Å². The van der Waals surface area contributed by atoms with E-state index in [1.807, 2.05) is 0 Å². The molecule has 1 N–H and O–H groups in total. The maximum atomic E-state index is 4.86. The number of rotatable bonds is 1. The highest BCUT2D eigenvalue weighted by Gasteiger charge is 2.18. The number of hydrogen-bond acceptors (Lipinski definition) is 3. The van der Waals surface area contributed by atoms with Gasteiger partial charge in [-0.1, -0.05) is 32.1 Å². The van der Waals surface area contributed by atoms with Gasteiger partial charge in [0.2, 0.25) is 0 Å². The second kappa shape index (κ2) is 5.79. The largest absolute Gasteiger partial charge is 0.312 e. The van der Waals surface area contributed by atoms with Crippen molar-refractivity contribution in [2.24, 2.45) is 0 Å². The Morgan fingerprint density at radius 3 is 2.67 bits per heavy atom. The fraction of sp³-hybridized carbons (Fsp3) is 0.733. The molecule has 2 aliphatic rings. The first-order chi connectivity index (χ1) is 8.93. The highest BCUT2D eigenvalue weighted by Crippen LogP contribution is 2.29. The smallest absolute Gasteiger partial charge is 0.131 e. The van der Waals surface area contributed by atoms with E-state index >= 15 is 0 Å². The summed E-state index contributed by atoms with van der Waals surface area (Å²) in [5.41, 5.74) is 2.59. The fourth-order valence-corrected chi connectivity index (χ4v) is 3.16. The number of hydrogen-bond donors (Lipinski definition) is 1. The SMILES string of the molecule is c1nc(C2CCCCCCC2)nc2c1CNCC2. The molecule has 3 nitrogen and oxygen atoms in total. The summed E-state index contributed by atoms with van der Waals surface area (Å²) in [7, 11) is 0. The zero-order valence-corrected chi connectivity index (χ0v) is 11.1. The summed E-state index contributed by atoms with van der Waals surface area (Å²) < 4.78 is 0. The van der Waals surface area contributed by atoms with Crippen molar-refractivity contribution in [1.29, 1.82) is 0 Å². The van der Waals surface area contributed by atoms with Crippen LogP contribution in [0.3, 0.4) is 0 Å². The molecule has 1 fully saturated rings. The molecule has 0 saturated heterocycles. The average molecular weight is 245 g/mol. The van der Waals surface area contributed by atoms with E-state index in [2.05, 4.69) is 16.5 Å². The molecule has 0 atom stereocenters. The molecule has 0 amide bonds. The normalized spacial score (nSPS) is 22.0. The van der Waals surface area contributed by atoms with Crippen molar-refractivity contribution in [3.05, 3.63) is 23.3 Å². The first-order valence-electron chi connectivity index (χ1n) is 7.49. The van der Waals surface area contributed by atoms with Gasteiger partial charge in [-0.05, 0) is 12.8 Å². The molecular weight excluding hydrogens is 222 g/mol. The maximum absolute atomic E-state index is 4.86. The summed E-state index contributed by atoms with van der Waals surface area (Å²) in [6.07, 6.45) is 12.6. The van der Waals surface area contributed by atoms with Crippen molar-refractivity contribution < 1.29 is 0 Å². The van der Waals surface area contributed by atoms with Crippen molar-refractivity contribution in [3.63, 3.8) is 0 Å². The first-order valence-corrected chi connectivity index (χ1v) is 7.49. The molecule has 0 spiro atoms. The molecular formula is C15H23N3. The summed E-state index contributed by atoms with van der Waals surface area (Å²) in [5.74, 6) is 1.74. The molecule has 0 aromatic carbocycles. The summed E-state index contributed by atoms with van der Waals surface area (Å²) in [5, 5.41) is 3.38. The number of nitrogens with one attached hydrogen (secondary N) is 1. The second-order valence-corrected chi connectivity index (χ2v) is 5.67. The lowest BCUT2D eigenvalue weighted by Gasteiger charge is -2.21. The van der Waals surface area contributed by atoms with Crippen LogP contribution >= 0.6 is 0 Å². The molecule has 2 heterocycles. The zero-order valence-electron chi connectivity index (χ0n) is 11.1. The van der Waals surface area contributed by atoms with E-state index in [1.54, 1.807) is 0 Å². The van der Waals surface area contributed by atoms with E-state index in [9.17, 15) is 0 Å². The third kappa shape index (κ3) is 2.72. The first kappa shape index (κ1) is 12.1. The van der Waals surface area contributed by atoms with Crippen LogP contribution in [0.2, 0.25) is 0 Å². The third-order valence-electron chi connectivity index (χ3n) is 4.30. The number of aromatic nitrogens is 2. The minimum absolute atomic E-state index is 0.616. The van der Waals surface area contributed by atoms with Gasteiger partial charge in [-0.3, -0.25) is 0 Å². The van der Waals surface area contributed by atoms with E-state index in [0.29, 0.717) is 5.92 Å². The van der Waals surface area contributed by atoms with Gasteiger partial charge in [-0.15, -0.1) is 0 Å². The Morgan fingerprint density at radius 1 is 1.06 bits per heavy atom. The topological polar surface area (TPSA) is 37.8 Å². The van der Waals surface area contributed by atoms with Crippen LogP contribution in [0.4, 0.5) is 0 Å². The van der Waals surface area contributed by atoms with Crippen molar-refractivity contribution in [2.45, 2.75) is 63.8 Å². The predicted molar refractivity (Wildman–Crippen MR) is 72.5 cm³/mol. The third-order valence-corrected chi connectivity index (χ3v) is 4.30. The Kier molecular flexibility index (Phi) is 3.89. The summed E-state index contributed by atoms with van der Waals surface area (Å²) in [4.78, 5) is 9.49. The van der Waals surface area contributed by atoms with Gasteiger partial charge in [-0.2, -0.15) is 0 Å². The molecule has 1 aliphatic carbocycles. The molecule has 98 valence electrons. The van der Waals surface area contributed by atoms with Gasteiger partial charge < -0.3 is 5.32 Å². The highest BCUT2D eigenvalue weighted by atomic mass is 14.9. The Hall–Kier alpha value is -0.960. The van der Waals surface area contributed by atoms with E-state index in [4.69, 9.17) is 4.98 Å². The van der Waals surface area contributed by atoms with Gasteiger partial charge in [0.15, 0.2) is 0 Å². The van der Waals surface area contributed by atoms with Crippen molar-refractivity contribution in [1.82, 2.24) is 15.3 Å². The van der Waals surface area contributed by atoms with Crippen LogP contribution in [0.15, 0.2) is 6.20 Å². The Balaban J connectivity index is 1.77. The molecule has 18 heavy (non-hydrogen) atoms. The van der Waals surface area contributed by atoms with E-state index in [-0.39, 0.29) is 0 Å². The van der Waals surface area contributed by atoms with E-state index in [0.717, 1.165) is 25.3 Å². The van der Waals surface area contributed by atoms with Gasteiger partial charge >= 0.3 is 0 Å². The monoisotopic (exact) mass is 245 g/mol. The quantitative estimate of drug-likeness (QED) is 0.826. The average Bonchev–Trinajstić information content (AvgIpc) is 2.38. The van der Waals surface area contributed by atoms with Crippen LogP contribution in [-0.4, -0.2) is 16.5 Å². The van der Waals surface area contributed by atoms with Crippen molar-refractivity contribution >= 4 is 0 Å². The van der Waals surface area contributed by atoms with Crippen LogP contribution in [0.5, 0.6) is 0 Å². The van der Waals surface area contributed by atoms with E-state index in [1.165, 1.54) is 56.2 Å². The molecule has 1 aliphatic heterocycles.